The van der Waals surface area contributed by atoms with Crippen molar-refractivity contribution in [3.8, 4) is 16.9 Å². The molecule has 2 aromatic rings. The summed E-state index contributed by atoms with van der Waals surface area (Å²) in [5.41, 5.74) is 6.76. The zero-order chi connectivity index (χ0) is 17.0. The molecule has 0 aliphatic heterocycles. The van der Waals surface area contributed by atoms with E-state index < -0.39 is 17.3 Å². The lowest BCUT2D eigenvalue weighted by Gasteiger charge is -2.26. The molecule has 124 valence electrons. The third-order valence-electron chi connectivity index (χ3n) is 3.42. The van der Waals surface area contributed by atoms with E-state index in [0.717, 1.165) is 6.42 Å². The normalized spacial score (nSPS) is 13.9. The van der Waals surface area contributed by atoms with Crippen molar-refractivity contribution in [2.75, 3.05) is 6.61 Å². The lowest BCUT2D eigenvalue weighted by Crippen LogP contribution is -2.43. The summed E-state index contributed by atoms with van der Waals surface area (Å²) in [5.74, 6) is -0.526. The van der Waals surface area contributed by atoms with Crippen LogP contribution < -0.4 is 10.5 Å². The molecule has 0 saturated heterocycles. The Labute approximate surface area is 135 Å². The van der Waals surface area contributed by atoms with Crippen molar-refractivity contribution in [2.45, 2.75) is 32.7 Å². The van der Waals surface area contributed by atoms with Crippen molar-refractivity contribution in [1.29, 1.82) is 0 Å². The number of hydrogen-bond acceptors (Lipinski definition) is 3. The van der Waals surface area contributed by atoms with Gasteiger partial charge in [0.2, 0.25) is 5.95 Å². The molecule has 0 bridgehead atoms. The van der Waals surface area contributed by atoms with Crippen LogP contribution in [-0.4, -0.2) is 17.1 Å². The number of nitrogens with two attached hydrogens (primary N) is 1. The quantitative estimate of drug-likeness (QED) is 0.813. The number of pyridine rings is 1. The number of rotatable bonds is 6. The maximum Gasteiger partial charge on any atom is 0.213 e. The van der Waals surface area contributed by atoms with Crippen molar-refractivity contribution >= 4 is 0 Å². The molecule has 0 fully saturated rings. The van der Waals surface area contributed by atoms with Crippen LogP contribution in [0.3, 0.4) is 0 Å². The molecule has 0 saturated carbocycles. The summed E-state index contributed by atoms with van der Waals surface area (Å²) in [6.07, 6.45) is 2.13. The van der Waals surface area contributed by atoms with Crippen LogP contribution in [0.5, 0.6) is 5.75 Å². The lowest BCUT2D eigenvalue weighted by atomic mass is 9.93. The van der Waals surface area contributed by atoms with E-state index in [1.54, 1.807) is 12.1 Å². The van der Waals surface area contributed by atoms with Gasteiger partial charge in [-0.1, -0.05) is 19.9 Å². The monoisotopic (exact) mass is 320 g/mol. The van der Waals surface area contributed by atoms with Crippen LogP contribution in [-0.2, 0) is 0 Å². The molecule has 1 atom stereocenters. The second-order valence-electron chi connectivity index (χ2n) is 6.55. The molecule has 1 heterocycles. The summed E-state index contributed by atoms with van der Waals surface area (Å²) in [7, 11) is 0. The van der Waals surface area contributed by atoms with Crippen molar-refractivity contribution in [1.82, 2.24) is 4.98 Å². The molecule has 1 aromatic heterocycles. The Morgan fingerprint density at radius 1 is 1.17 bits per heavy atom. The maximum atomic E-state index is 14.2. The summed E-state index contributed by atoms with van der Waals surface area (Å²) in [5, 5.41) is 0. The van der Waals surface area contributed by atoms with E-state index >= 15 is 0 Å². The highest BCUT2D eigenvalue weighted by Gasteiger charge is 2.21. The van der Waals surface area contributed by atoms with E-state index in [4.69, 9.17) is 10.5 Å². The summed E-state index contributed by atoms with van der Waals surface area (Å²) in [6, 6.07) is 7.42. The minimum absolute atomic E-state index is 0.142. The smallest absolute Gasteiger partial charge is 0.213 e. The van der Waals surface area contributed by atoms with Crippen LogP contribution in [0.4, 0.5) is 8.78 Å². The third-order valence-corrected chi connectivity index (χ3v) is 3.42. The Bertz CT molecular complexity index is 672. The molecule has 0 radical (unpaired) electrons. The van der Waals surface area contributed by atoms with E-state index in [0.29, 0.717) is 17.0 Å². The third kappa shape index (κ3) is 4.99. The Hall–Kier alpha value is -2.01. The van der Waals surface area contributed by atoms with Crippen LogP contribution in [0.2, 0.25) is 0 Å². The van der Waals surface area contributed by atoms with Crippen LogP contribution >= 0.6 is 0 Å². The first-order chi connectivity index (χ1) is 10.8. The van der Waals surface area contributed by atoms with Crippen LogP contribution in [0.25, 0.3) is 11.1 Å². The molecule has 1 unspecified atom stereocenters. The van der Waals surface area contributed by atoms with Gasteiger partial charge < -0.3 is 10.5 Å². The largest absolute Gasteiger partial charge is 0.489 e. The molecule has 2 rings (SSSR count). The highest BCUT2D eigenvalue weighted by atomic mass is 19.1. The molecule has 0 amide bonds. The second-order valence-corrected chi connectivity index (χ2v) is 6.55. The van der Waals surface area contributed by atoms with E-state index in [1.165, 1.54) is 24.4 Å². The molecule has 0 aliphatic rings. The van der Waals surface area contributed by atoms with E-state index in [2.05, 4.69) is 18.8 Å². The summed E-state index contributed by atoms with van der Waals surface area (Å²) >= 11 is 0. The number of aromatic nitrogens is 1. The maximum absolute atomic E-state index is 14.2. The fraction of sp³-hybridized carbons (Fsp3) is 0.389. The Morgan fingerprint density at radius 3 is 2.48 bits per heavy atom. The van der Waals surface area contributed by atoms with Crippen molar-refractivity contribution in [2.24, 2.45) is 11.7 Å². The average molecular weight is 320 g/mol. The van der Waals surface area contributed by atoms with Gasteiger partial charge in [0, 0.05) is 17.8 Å². The zero-order valence-electron chi connectivity index (χ0n) is 13.6. The minimum atomic E-state index is -0.601. The number of nitrogens with zero attached hydrogens (tertiary/aromatic N) is 1. The second kappa shape index (κ2) is 7.04. The van der Waals surface area contributed by atoms with Crippen molar-refractivity contribution in [3.63, 3.8) is 0 Å². The highest BCUT2D eigenvalue weighted by molar-refractivity contribution is 5.63. The first-order valence-corrected chi connectivity index (χ1v) is 7.60. The Balaban J connectivity index is 2.11. The van der Waals surface area contributed by atoms with Gasteiger partial charge in [0.15, 0.2) is 11.6 Å². The van der Waals surface area contributed by atoms with E-state index in [9.17, 15) is 8.78 Å². The van der Waals surface area contributed by atoms with Gasteiger partial charge >= 0.3 is 0 Å². The summed E-state index contributed by atoms with van der Waals surface area (Å²) in [4.78, 5) is 3.49. The van der Waals surface area contributed by atoms with Gasteiger partial charge in [-0.25, -0.2) is 9.37 Å². The lowest BCUT2D eigenvalue weighted by molar-refractivity contribution is 0.200. The summed E-state index contributed by atoms with van der Waals surface area (Å²) in [6.45, 7) is 6.27. The fourth-order valence-corrected chi connectivity index (χ4v) is 2.61. The van der Waals surface area contributed by atoms with Crippen LogP contribution in [0, 0.1) is 17.7 Å². The molecule has 0 spiro atoms. The number of halogens is 2. The summed E-state index contributed by atoms with van der Waals surface area (Å²) < 4.78 is 32.9. The predicted molar refractivity (Wildman–Crippen MR) is 87.1 cm³/mol. The van der Waals surface area contributed by atoms with Crippen molar-refractivity contribution in [3.05, 3.63) is 48.3 Å². The van der Waals surface area contributed by atoms with Gasteiger partial charge in [0.05, 0.1) is 0 Å². The predicted octanol–water partition coefficient (Wildman–Crippen LogP) is 4.17. The van der Waals surface area contributed by atoms with Gasteiger partial charge in [-0.3, -0.25) is 0 Å². The van der Waals surface area contributed by atoms with Gasteiger partial charge in [-0.2, -0.15) is 4.39 Å². The molecule has 1 aromatic carbocycles. The Kier molecular flexibility index (Phi) is 5.31. The zero-order valence-corrected chi connectivity index (χ0v) is 13.6. The molecule has 23 heavy (non-hydrogen) atoms. The minimum Gasteiger partial charge on any atom is -0.489 e. The molecule has 5 heteroatoms. The average Bonchev–Trinajstić information content (AvgIpc) is 2.44. The molecule has 2 N–H and O–H groups in total. The van der Waals surface area contributed by atoms with Crippen molar-refractivity contribution < 1.29 is 13.5 Å². The SMILES string of the molecule is CC(C)CC(C)(N)COc1ccc(-c2ccnc(F)c2)cc1F. The van der Waals surface area contributed by atoms with Gasteiger partial charge in [0.25, 0.3) is 0 Å². The molecule has 3 nitrogen and oxygen atoms in total. The molecular formula is C18H22F2N2O. The van der Waals surface area contributed by atoms with Gasteiger partial charge in [-0.05, 0) is 48.6 Å². The Morgan fingerprint density at radius 2 is 1.87 bits per heavy atom. The van der Waals surface area contributed by atoms with E-state index in [-0.39, 0.29) is 12.4 Å². The van der Waals surface area contributed by atoms with Crippen LogP contribution in [0.15, 0.2) is 36.5 Å². The first-order valence-electron chi connectivity index (χ1n) is 7.60. The standard InChI is InChI=1S/C18H22F2N2O/c1-12(2)10-18(3,21)11-23-16-5-4-13(8-15(16)19)14-6-7-22-17(20)9-14/h4-9,12H,10-11,21H2,1-3H3. The molecular weight excluding hydrogens is 298 g/mol. The number of benzene rings is 1. The van der Waals surface area contributed by atoms with E-state index in [1.807, 2.05) is 6.92 Å². The fourth-order valence-electron chi connectivity index (χ4n) is 2.61. The number of hydrogen-bond donors (Lipinski definition) is 1. The highest BCUT2D eigenvalue weighted by Crippen LogP contribution is 2.26. The van der Waals surface area contributed by atoms with Gasteiger partial charge in [0.1, 0.15) is 6.61 Å². The van der Waals surface area contributed by atoms with Crippen LogP contribution in [0.1, 0.15) is 27.2 Å². The topological polar surface area (TPSA) is 48.1 Å². The molecule has 0 aliphatic carbocycles. The first kappa shape index (κ1) is 17.3. The number of ether oxygens (including phenoxy) is 1. The van der Waals surface area contributed by atoms with Gasteiger partial charge in [-0.15, -0.1) is 0 Å².